The number of rotatable bonds is 5. The Morgan fingerprint density at radius 3 is 2.73 bits per heavy atom. The average Bonchev–Trinajstić information content (AvgIpc) is 2.25. The molecule has 0 amide bonds. The number of nitrogens with one attached hydrogen (secondary N) is 1. The molecule has 0 aliphatic heterocycles. The monoisotopic (exact) mass is 208 g/mol. The smallest absolute Gasteiger partial charge is 0.142 e. The number of aromatic nitrogens is 1. The molecule has 0 saturated heterocycles. The Balaban J connectivity index is 2.89. The molecule has 4 heteroatoms. The maximum absolute atomic E-state index is 5.34. The summed E-state index contributed by atoms with van der Waals surface area (Å²) < 4.78 is 0. The highest BCUT2D eigenvalue weighted by Gasteiger charge is 2.10. The van der Waals surface area contributed by atoms with Gasteiger partial charge in [-0.25, -0.2) is 10.8 Å². The molecule has 0 saturated carbocycles. The first-order valence-electron chi connectivity index (χ1n) is 5.39. The number of nitrogens with zero attached hydrogens (tertiary/aromatic N) is 2. The number of hydrazine groups is 1. The van der Waals surface area contributed by atoms with Gasteiger partial charge in [0.15, 0.2) is 0 Å². The van der Waals surface area contributed by atoms with E-state index in [0.29, 0.717) is 11.9 Å². The highest BCUT2D eigenvalue weighted by Crippen LogP contribution is 2.16. The van der Waals surface area contributed by atoms with Gasteiger partial charge in [-0.15, -0.1) is 0 Å². The van der Waals surface area contributed by atoms with Gasteiger partial charge in [0, 0.05) is 12.6 Å². The first-order valence-corrected chi connectivity index (χ1v) is 5.39. The minimum atomic E-state index is 0.450. The zero-order chi connectivity index (χ0) is 11.3. The van der Waals surface area contributed by atoms with E-state index in [1.165, 1.54) is 0 Å². The van der Waals surface area contributed by atoms with E-state index in [-0.39, 0.29) is 0 Å². The molecule has 0 fully saturated rings. The summed E-state index contributed by atoms with van der Waals surface area (Å²) in [6, 6.07) is 6.28. The Labute approximate surface area is 91.5 Å². The van der Waals surface area contributed by atoms with E-state index in [4.69, 9.17) is 5.84 Å². The van der Waals surface area contributed by atoms with Gasteiger partial charge < -0.3 is 10.3 Å². The van der Waals surface area contributed by atoms with Crippen molar-refractivity contribution in [3.05, 3.63) is 18.2 Å². The summed E-state index contributed by atoms with van der Waals surface area (Å²) in [6.45, 7) is 7.51. The van der Waals surface area contributed by atoms with E-state index in [1.807, 2.05) is 18.2 Å². The average molecular weight is 208 g/mol. The van der Waals surface area contributed by atoms with Crippen LogP contribution in [-0.2, 0) is 0 Å². The van der Waals surface area contributed by atoms with Crippen molar-refractivity contribution in [3.63, 3.8) is 0 Å². The van der Waals surface area contributed by atoms with Crippen LogP contribution in [0, 0.1) is 0 Å². The summed E-state index contributed by atoms with van der Waals surface area (Å²) in [5, 5.41) is 0. The summed E-state index contributed by atoms with van der Waals surface area (Å²) in [4.78, 5) is 6.69. The van der Waals surface area contributed by atoms with Crippen molar-refractivity contribution >= 4 is 11.6 Å². The summed E-state index contributed by atoms with van der Waals surface area (Å²) in [5.74, 6) is 7.02. The third-order valence-corrected chi connectivity index (χ3v) is 2.26. The second-order valence-electron chi connectivity index (χ2n) is 3.81. The summed E-state index contributed by atoms with van der Waals surface area (Å²) in [6.07, 6.45) is 1.11. The predicted molar refractivity (Wildman–Crippen MR) is 64.8 cm³/mol. The van der Waals surface area contributed by atoms with Gasteiger partial charge in [-0.1, -0.05) is 13.0 Å². The standard InChI is InChI=1S/C11H20N4/c1-4-8-15(9(2)3)11-7-5-6-10(13-11)14-12/h5-7,9H,4,8,12H2,1-3H3,(H,13,14). The zero-order valence-electron chi connectivity index (χ0n) is 9.70. The topological polar surface area (TPSA) is 54.2 Å². The molecule has 0 spiro atoms. The molecule has 15 heavy (non-hydrogen) atoms. The van der Waals surface area contributed by atoms with E-state index < -0.39 is 0 Å². The molecule has 1 aromatic heterocycles. The molecule has 0 unspecified atom stereocenters. The number of anilines is 2. The number of nitrogen functional groups attached to an aromatic ring is 1. The van der Waals surface area contributed by atoms with Crippen molar-refractivity contribution < 1.29 is 0 Å². The molecule has 84 valence electrons. The van der Waals surface area contributed by atoms with Crippen molar-refractivity contribution in [2.45, 2.75) is 33.2 Å². The predicted octanol–water partition coefficient (Wildman–Crippen LogP) is 1.99. The van der Waals surface area contributed by atoms with Gasteiger partial charge in [-0.05, 0) is 32.4 Å². The maximum Gasteiger partial charge on any atom is 0.142 e. The highest BCUT2D eigenvalue weighted by molar-refractivity contribution is 5.46. The number of hydrogen-bond acceptors (Lipinski definition) is 4. The molecule has 1 aromatic rings. The van der Waals surface area contributed by atoms with Crippen LogP contribution in [-0.4, -0.2) is 17.6 Å². The van der Waals surface area contributed by atoms with Gasteiger partial charge in [-0.2, -0.15) is 0 Å². The molecule has 0 radical (unpaired) electrons. The Hall–Kier alpha value is -1.29. The molecular formula is C11H20N4. The van der Waals surface area contributed by atoms with Gasteiger partial charge in [-0.3, -0.25) is 0 Å². The van der Waals surface area contributed by atoms with E-state index in [2.05, 4.69) is 36.1 Å². The Kier molecular flexibility index (Phi) is 4.37. The molecule has 0 aromatic carbocycles. The minimum absolute atomic E-state index is 0.450. The Morgan fingerprint density at radius 1 is 1.47 bits per heavy atom. The third-order valence-electron chi connectivity index (χ3n) is 2.26. The lowest BCUT2D eigenvalue weighted by molar-refractivity contribution is 0.662. The third kappa shape index (κ3) is 3.09. The van der Waals surface area contributed by atoms with Crippen molar-refractivity contribution in [1.82, 2.24) is 4.98 Å². The first-order chi connectivity index (χ1) is 7.19. The zero-order valence-corrected chi connectivity index (χ0v) is 9.70. The van der Waals surface area contributed by atoms with Crippen LogP contribution in [0.15, 0.2) is 18.2 Å². The molecule has 0 atom stereocenters. The van der Waals surface area contributed by atoms with Gasteiger partial charge in [0.25, 0.3) is 0 Å². The molecule has 1 heterocycles. The summed E-state index contributed by atoms with van der Waals surface area (Å²) >= 11 is 0. The minimum Gasteiger partial charge on any atom is -0.354 e. The van der Waals surface area contributed by atoms with Crippen LogP contribution in [0.3, 0.4) is 0 Å². The van der Waals surface area contributed by atoms with Gasteiger partial charge >= 0.3 is 0 Å². The fraction of sp³-hybridized carbons (Fsp3) is 0.545. The molecule has 1 rings (SSSR count). The molecule has 4 nitrogen and oxygen atoms in total. The van der Waals surface area contributed by atoms with Crippen LogP contribution in [0.4, 0.5) is 11.6 Å². The summed E-state index contributed by atoms with van der Waals surface area (Å²) in [7, 11) is 0. The number of nitrogens with two attached hydrogens (primary N) is 1. The van der Waals surface area contributed by atoms with E-state index in [1.54, 1.807) is 0 Å². The van der Waals surface area contributed by atoms with Crippen LogP contribution in [0.2, 0.25) is 0 Å². The van der Waals surface area contributed by atoms with Crippen LogP contribution in [0.25, 0.3) is 0 Å². The first kappa shape index (κ1) is 11.8. The van der Waals surface area contributed by atoms with Gasteiger partial charge in [0.1, 0.15) is 11.6 Å². The van der Waals surface area contributed by atoms with Crippen molar-refractivity contribution in [1.29, 1.82) is 0 Å². The number of pyridine rings is 1. The van der Waals surface area contributed by atoms with Gasteiger partial charge in [0.05, 0.1) is 0 Å². The lowest BCUT2D eigenvalue weighted by atomic mass is 10.3. The van der Waals surface area contributed by atoms with Crippen LogP contribution >= 0.6 is 0 Å². The van der Waals surface area contributed by atoms with E-state index in [0.717, 1.165) is 18.8 Å². The van der Waals surface area contributed by atoms with E-state index >= 15 is 0 Å². The number of hydrogen-bond donors (Lipinski definition) is 2. The lowest BCUT2D eigenvalue weighted by Gasteiger charge is -2.27. The van der Waals surface area contributed by atoms with Crippen LogP contribution in [0.1, 0.15) is 27.2 Å². The maximum atomic E-state index is 5.34. The second kappa shape index (κ2) is 5.56. The largest absolute Gasteiger partial charge is 0.354 e. The normalized spacial score (nSPS) is 10.5. The van der Waals surface area contributed by atoms with E-state index in [9.17, 15) is 0 Å². The summed E-state index contributed by atoms with van der Waals surface area (Å²) in [5.41, 5.74) is 2.57. The molecule has 0 aliphatic carbocycles. The fourth-order valence-corrected chi connectivity index (χ4v) is 1.54. The van der Waals surface area contributed by atoms with Crippen LogP contribution < -0.4 is 16.2 Å². The quantitative estimate of drug-likeness (QED) is 0.574. The van der Waals surface area contributed by atoms with Crippen molar-refractivity contribution in [2.24, 2.45) is 5.84 Å². The molecule has 0 aliphatic rings. The molecule has 0 bridgehead atoms. The van der Waals surface area contributed by atoms with Gasteiger partial charge in [0.2, 0.25) is 0 Å². The Morgan fingerprint density at radius 2 is 2.20 bits per heavy atom. The molecular weight excluding hydrogens is 188 g/mol. The van der Waals surface area contributed by atoms with Crippen LogP contribution in [0.5, 0.6) is 0 Å². The Bertz CT molecular complexity index is 298. The highest BCUT2D eigenvalue weighted by atomic mass is 15.3. The SMILES string of the molecule is CCCN(c1cccc(NN)n1)C(C)C. The lowest BCUT2D eigenvalue weighted by Crippen LogP contribution is -2.32. The molecule has 3 N–H and O–H groups in total. The van der Waals surface area contributed by atoms with Crippen molar-refractivity contribution in [2.75, 3.05) is 16.9 Å². The second-order valence-corrected chi connectivity index (χ2v) is 3.81. The fourth-order valence-electron chi connectivity index (χ4n) is 1.54. The van der Waals surface area contributed by atoms with Crippen molar-refractivity contribution in [3.8, 4) is 0 Å².